The first-order chi connectivity index (χ1) is 9.89. The lowest BCUT2D eigenvalue weighted by atomic mass is 9.87. The zero-order valence-corrected chi connectivity index (χ0v) is 15.3. The molecule has 0 amide bonds. The Bertz CT molecular complexity index is 289. The van der Waals surface area contributed by atoms with E-state index < -0.39 is 13.4 Å². The molecule has 0 unspecified atom stereocenters. The third-order valence-corrected chi connectivity index (χ3v) is 4.74. The molecule has 0 bridgehead atoms. The van der Waals surface area contributed by atoms with Crippen LogP contribution in [0, 0.1) is 0 Å². The van der Waals surface area contributed by atoms with Crippen LogP contribution in [-0.2, 0) is 9.09 Å². The minimum Gasteiger partial charge on any atom is -0.303 e. The van der Waals surface area contributed by atoms with Gasteiger partial charge in [0, 0.05) is 11.8 Å². The number of phosphoric acid groups is 1. The Labute approximate surface area is 138 Å². The van der Waals surface area contributed by atoms with Crippen molar-refractivity contribution in [3.05, 3.63) is 0 Å². The van der Waals surface area contributed by atoms with Gasteiger partial charge >= 0.3 is 7.82 Å². The van der Waals surface area contributed by atoms with E-state index in [9.17, 15) is 14.4 Å². The second kappa shape index (κ2) is 12.2. The molecule has 0 rings (SSSR count). The topological polar surface area (TPSA) is 66.8 Å². The second-order valence-corrected chi connectivity index (χ2v) is 7.43. The van der Waals surface area contributed by atoms with Crippen molar-refractivity contribution in [2.75, 3.05) is 11.8 Å². The molecule has 128 valence electrons. The lowest BCUT2D eigenvalue weighted by Crippen LogP contribution is -2.32. The Morgan fingerprint density at radius 2 is 1.38 bits per heavy atom. The number of rotatable bonds is 14. The number of hydrogen-bond acceptors (Lipinski definition) is 2. The van der Waals surface area contributed by atoms with Crippen molar-refractivity contribution in [3.63, 3.8) is 0 Å². The Balaban J connectivity index is 4.67. The van der Waals surface area contributed by atoms with E-state index in [1.54, 1.807) is 0 Å². The van der Waals surface area contributed by atoms with E-state index in [2.05, 4.69) is 6.92 Å². The number of alkyl halides is 2. The highest BCUT2D eigenvalue weighted by atomic mass is 35.5. The van der Waals surface area contributed by atoms with Crippen LogP contribution >= 0.6 is 31.0 Å². The molecule has 2 N–H and O–H groups in total. The van der Waals surface area contributed by atoms with Gasteiger partial charge in [0.15, 0.2) is 0 Å². The molecule has 0 aromatic rings. The molecule has 0 aliphatic carbocycles. The molecule has 0 aliphatic heterocycles. The highest BCUT2D eigenvalue weighted by molar-refractivity contribution is 7.46. The summed E-state index contributed by atoms with van der Waals surface area (Å²) in [6, 6.07) is 0. The van der Waals surface area contributed by atoms with Crippen molar-refractivity contribution in [2.45, 2.75) is 76.7 Å². The summed E-state index contributed by atoms with van der Waals surface area (Å²) >= 11 is 11.5. The molecule has 0 aromatic carbocycles. The molecule has 0 heterocycles. The normalized spacial score (nSPS) is 12.8. The summed E-state index contributed by atoms with van der Waals surface area (Å²) in [4.78, 5) is 18.4. The van der Waals surface area contributed by atoms with E-state index in [0.717, 1.165) is 19.3 Å². The summed E-state index contributed by atoms with van der Waals surface area (Å²) in [5, 5.41) is 0. The average molecular weight is 363 g/mol. The van der Waals surface area contributed by atoms with E-state index in [0.29, 0.717) is 43.9 Å². The first kappa shape index (κ1) is 21.7. The van der Waals surface area contributed by atoms with Crippen molar-refractivity contribution in [3.8, 4) is 0 Å². The molecule has 0 spiro atoms. The van der Waals surface area contributed by atoms with E-state index in [1.165, 1.54) is 12.8 Å². The van der Waals surface area contributed by atoms with Crippen molar-refractivity contribution in [1.82, 2.24) is 0 Å². The molecule has 0 fully saturated rings. The molecule has 7 heteroatoms. The van der Waals surface area contributed by atoms with Gasteiger partial charge in [-0.25, -0.2) is 4.57 Å². The predicted molar refractivity (Wildman–Crippen MR) is 89.1 cm³/mol. The van der Waals surface area contributed by atoms with Gasteiger partial charge in [-0.3, -0.25) is 4.52 Å². The summed E-state index contributed by atoms with van der Waals surface area (Å²) in [5.41, 5.74) is -0.797. The maximum Gasteiger partial charge on any atom is 0.470 e. The summed E-state index contributed by atoms with van der Waals surface area (Å²) < 4.78 is 16.5. The largest absolute Gasteiger partial charge is 0.470 e. The summed E-state index contributed by atoms with van der Waals surface area (Å²) in [6.07, 6.45) is 8.60. The molecule has 0 radical (unpaired) electrons. The quantitative estimate of drug-likeness (QED) is 0.252. The van der Waals surface area contributed by atoms with Crippen LogP contribution in [0.2, 0.25) is 0 Å². The van der Waals surface area contributed by atoms with Crippen molar-refractivity contribution in [2.24, 2.45) is 0 Å². The molecule has 0 aliphatic rings. The fourth-order valence-corrected chi connectivity index (χ4v) is 3.64. The van der Waals surface area contributed by atoms with Crippen molar-refractivity contribution < 1.29 is 18.9 Å². The SMILES string of the molecule is CCCCCCCC(CCCCl)(CCCCl)OP(=O)(O)O. The number of phosphoric ester groups is 1. The summed E-state index contributed by atoms with van der Waals surface area (Å²) in [7, 11) is -4.52. The van der Waals surface area contributed by atoms with Crippen LogP contribution in [-0.4, -0.2) is 27.1 Å². The van der Waals surface area contributed by atoms with Crippen LogP contribution in [0.25, 0.3) is 0 Å². The lowest BCUT2D eigenvalue weighted by molar-refractivity contribution is 0.00864. The van der Waals surface area contributed by atoms with Crippen molar-refractivity contribution in [1.29, 1.82) is 0 Å². The smallest absolute Gasteiger partial charge is 0.303 e. The maximum atomic E-state index is 11.3. The van der Waals surface area contributed by atoms with E-state index in [-0.39, 0.29) is 0 Å². The van der Waals surface area contributed by atoms with Crippen LogP contribution in [0.15, 0.2) is 0 Å². The standard InChI is InChI=1S/C14H29Cl2O4P/c1-2-3-4-5-6-9-14(10-7-12-15,11-8-13-16)20-21(17,18)19/h2-13H2,1H3,(H2,17,18,19). The van der Waals surface area contributed by atoms with Crippen LogP contribution in [0.4, 0.5) is 0 Å². The van der Waals surface area contributed by atoms with Crippen LogP contribution in [0.5, 0.6) is 0 Å². The Morgan fingerprint density at radius 1 is 0.905 bits per heavy atom. The van der Waals surface area contributed by atoms with Gasteiger partial charge in [0.05, 0.1) is 5.60 Å². The molecule has 0 saturated heterocycles. The third kappa shape index (κ3) is 11.9. The zero-order valence-electron chi connectivity index (χ0n) is 12.9. The maximum absolute atomic E-state index is 11.3. The Morgan fingerprint density at radius 3 is 1.81 bits per heavy atom. The number of hydrogen-bond donors (Lipinski definition) is 2. The van der Waals surface area contributed by atoms with E-state index >= 15 is 0 Å². The monoisotopic (exact) mass is 362 g/mol. The van der Waals surface area contributed by atoms with Gasteiger partial charge in [0.1, 0.15) is 0 Å². The minimum absolute atomic E-state index is 0.461. The Kier molecular flexibility index (Phi) is 12.6. The van der Waals surface area contributed by atoms with Gasteiger partial charge in [-0.1, -0.05) is 39.0 Å². The zero-order chi connectivity index (χ0) is 16.2. The third-order valence-electron chi connectivity index (χ3n) is 3.58. The lowest BCUT2D eigenvalue weighted by Gasteiger charge is -2.34. The van der Waals surface area contributed by atoms with Crippen LogP contribution < -0.4 is 0 Å². The van der Waals surface area contributed by atoms with Crippen LogP contribution in [0.3, 0.4) is 0 Å². The van der Waals surface area contributed by atoms with Crippen LogP contribution in [0.1, 0.15) is 71.1 Å². The molecule has 0 aromatic heterocycles. The molecular weight excluding hydrogens is 334 g/mol. The molecule has 0 atom stereocenters. The molecule has 4 nitrogen and oxygen atoms in total. The van der Waals surface area contributed by atoms with Gasteiger partial charge in [0.25, 0.3) is 0 Å². The molecule has 21 heavy (non-hydrogen) atoms. The first-order valence-corrected chi connectivity index (χ1v) is 10.4. The summed E-state index contributed by atoms with van der Waals surface area (Å²) in [6.45, 7) is 2.15. The van der Waals surface area contributed by atoms with E-state index in [4.69, 9.17) is 27.7 Å². The van der Waals surface area contributed by atoms with Gasteiger partial charge in [-0.05, 0) is 32.1 Å². The van der Waals surface area contributed by atoms with Gasteiger partial charge < -0.3 is 9.79 Å². The van der Waals surface area contributed by atoms with E-state index in [1.807, 2.05) is 0 Å². The van der Waals surface area contributed by atoms with Gasteiger partial charge in [0.2, 0.25) is 0 Å². The second-order valence-electron chi connectivity index (χ2n) is 5.51. The first-order valence-electron chi connectivity index (χ1n) is 7.77. The van der Waals surface area contributed by atoms with Gasteiger partial charge in [-0.15, -0.1) is 23.2 Å². The highest BCUT2D eigenvalue weighted by Gasteiger charge is 2.36. The molecular formula is C14H29Cl2O4P. The Hall–Kier alpha value is 0.690. The van der Waals surface area contributed by atoms with Crippen molar-refractivity contribution >= 4 is 31.0 Å². The highest BCUT2D eigenvalue weighted by Crippen LogP contribution is 2.47. The fraction of sp³-hybridized carbons (Fsp3) is 1.00. The average Bonchev–Trinajstić information content (AvgIpc) is 2.41. The van der Waals surface area contributed by atoms with Gasteiger partial charge in [-0.2, -0.15) is 0 Å². The molecule has 0 saturated carbocycles. The number of halogens is 2. The number of unbranched alkanes of at least 4 members (excludes halogenated alkanes) is 4. The predicted octanol–water partition coefficient (Wildman–Crippen LogP) is 5.23. The summed E-state index contributed by atoms with van der Waals surface area (Å²) in [5.74, 6) is 0.923. The fourth-order valence-electron chi connectivity index (χ4n) is 2.59. The minimum atomic E-state index is -4.52.